The average Bonchev–Trinajstić information content (AvgIpc) is 3.62. The van der Waals surface area contributed by atoms with Crippen LogP contribution in [-0.2, 0) is 11.0 Å². The number of aromatic nitrogens is 1. The van der Waals surface area contributed by atoms with Crippen molar-refractivity contribution in [3.05, 3.63) is 70.9 Å². The average molecular weight is 505 g/mol. The molecular formula is C24H20ClF3N4O3. The van der Waals surface area contributed by atoms with Crippen LogP contribution in [0.5, 0.6) is 11.5 Å². The van der Waals surface area contributed by atoms with Crippen molar-refractivity contribution in [3.8, 4) is 11.5 Å². The zero-order valence-electron chi connectivity index (χ0n) is 18.4. The van der Waals surface area contributed by atoms with Gasteiger partial charge in [-0.15, -0.1) is 0 Å². The molecule has 0 radical (unpaired) electrons. The van der Waals surface area contributed by atoms with E-state index in [9.17, 15) is 22.8 Å². The summed E-state index contributed by atoms with van der Waals surface area (Å²) in [6, 6.07) is 10.5. The molecule has 1 aliphatic rings. The van der Waals surface area contributed by atoms with E-state index in [1.54, 1.807) is 37.3 Å². The first-order valence-corrected chi connectivity index (χ1v) is 11.0. The van der Waals surface area contributed by atoms with Gasteiger partial charge in [-0.25, -0.2) is 9.78 Å². The van der Waals surface area contributed by atoms with Crippen molar-refractivity contribution in [2.75, 3.05) is 16.0 Å². The Morgan fingerprint density at radius 2 is 1.69 bits per heavy atom. The first kappa shape index (κ1) is 24.3. The lowest BCUT2D eigenvalue weighted by Gasteiger charge is -2.14. The second kappa shape index (κ2) is 9.83. The van der Waals surface area contributed by atoms with Gasteiger partial charge in [0.1, 0.15) is 17.3 Å². The number of urea groups is 1. The van der Waals surface area contributed by atoms with E-state index in [1.165, 1.54) is 12.3 Å². The predicted octanol–water partition coefficient (Wildman–Crippen LogP) is 6.85. The molecule has 0 saturated heterocycles. The molecule has 1 aromatic heterocycles. The maximum atomic E-state index is 13.0. The number of anilines is 3. The molecule has 11 heteroatoms. The monoisotopic (exact) mass is 504 g/mol. The van der Waals surface area contributed by atoms with Crippen LogP contribution in [0.3, 0.4) is 0 Å². The van der Waals surface area contributed by atoms with Gasteiger partial charge >= 0.3 is 12.2 Å². The molecule has 1 aliphatic carbocycles. The number of nitrogens with zero attached hydrogens (tertiary/aromatic N) is 1. The molecule has 1 heterocycles. The van der Waals surface area contributed by atoms with Crippen molar-refractivity contribution in [3.63, 3.8) is 0 Å². The lowest BCUT2D eigenvalue weighted by Crippen LogP contribution is -2.20. The van der Waals surface area contributed by atoms with E-state index in [1.807, 2.05) is 0 Å². The van der Waals surface area contributed by atoms with Gasteiger partial charge in [0.2, 0.25) is 5.91 Å². The van der Waals surface area contributed by atoms with E-state index in [0.717, 1.165) is 25.0 Å². The van der Waals surface area contributed by atoms with Crippen molar-refractivity contribution in [2.24, 2.45) is 5.92 Å². The van der Waals surface area contributed by atoms with Gasteiger partial charge in [-0.1, -0.05) is 11.6 Å². The number of hydrogen-bond acceptors (Lipinski definition) is 4. The highest BCUT2D eigenvalue weighted by molar-refractivity contribution is 6.31. The molecule has 0 aliphatic heterocycles. The molecule has 4 rings (SSSR count). The minimum Gasteiger partial charge on any atom is -0.457 e. The van der Waals surface area contributed by atoms with E-state index in [-0.39, 0.29) is 17.5 Å². The van der Waals surface area contributed by atoms with Gasteiger partial charge in [-0.05, 0) is 67.8 Å². The molecule has 35 heavy (non-hydrogen) atoms. The third-order valence-electron chi connectivity index (χ3n) is 5.12. The zero-order chi connectivity index (χ0) is 25.2. The summed E-state index contributed by atoms with van der Waals surface area (Å²) >= 11 is 5.60. The Labute approximate surface area is 203 Å². The molecule has 2 aromatic carbocycles. The van der Waals surface area contributed by atoms with E-state index in [4.69, 9.17) is 16.3 Å². The Morgan fingerprint density at radius 3 is 2.34 bits per heavy atom. The van der Waals surface area contributed by atoms with Gasteiger partial charge < -0.3 is 20.7 Å². The summed E-state index contributed by atoms with van der Waals surface area (Å²) in [5.41, 5.74) is -0.00245. The number of alkyl halides is 3. The standard InChI is InChI=1S/C24H20ClF3N4O3/c1-13-10-15(30-23(34)31-16-4-6-19(25)18(11-16)24(26,27)28)5-7-20(13)35-17-8-9-29-21(12-17)32-22(33)14-2-3-14/h4-12,14H,2-3H2,1H3,(H,29,32,33)(H2,30,31,34). The molecule has 0 bridgehead atoms. The number of aryl methyl sites for hydroxylation is 1. The molecule has 0 atom stereocenters. The van der Waals surface area contributed by atoms with E-state index < -0.39 is 22.8 Å². The zero-order valence-corrected chi connectivity index (χ0v) is 19.1. The molecule has 3 N–H and O–H groups in total. The van der Waals surface area contributed by atoms with Crippen molar-refractivity contribution in [2.45, 2.75) is 25.9 Å². The van der Waals surface area contributed by atoms with Crippen molar-refractivity contribution in [1.29, 1.82) is 0 Å². The lowest BCUT2D eigenvalue weighted by atomic mass is 10.2. The summed E-state index contributed by atoms with van der Waals surface area (Å²) < 4.78 is 44.9. The first-order valence-electron chi connectivity index (χ1n) is 10.6. The fraction of sp³-hybridized carbons (Fsp3) is 0.208. The quantitative estimate of drug-likeness (QED) is 0.342. The second-order valence-corrected chi connectivity index (χ2v) is 8.40. The maximum absolute atomic E-state index is 13.0. The summed E-state index contributed by atoms with van der Waals surface area (Å²) in [7, 11) is 0. The van der Waals surface area contributed by atoms with Crippen LogP contribution in [0.4, 0.5) is 35.2 Å². The number of halogens is 4. The van der Waals surface area contributed by atoms with Crippen molar-refractivity contribution < 1.29 is 27.5 Å². The van der Waals surface area contributed by atoms with Gasteiger partial charge in [0, 0.05) is 29.6 Å². The Hall–Kier alpha value is -3.79. The molecule has 1 fully saturated rings. The fourth-order valence-corrected chi connectivity index (χ4v) is 3.42. The molecule has 1 saturated carbocycles. The van der Waals surface area contributed by atoms with Gasteiger partial charge in [-0.3, -0.25) is 4.79 Å². The Morgan fingerprint density at radius 1 is 1.00 bits per heavy atom. The smallest absolute Gasteiger partial charge is 0.417 e. The highest BCUT2D eigenvalue weighted by Gasteiger charge is 2.33. The van der Waals surface area contributed by atoms with E-state index >= 15 is 0 Å². The largest absolute Gasteiger partial charge is 0.457 e. The summed E-state index contributed by atoms with van der Waals surface area (Å²) in [4.78, 5) is 28.3. The summed E-state index contributed by atoms with van der Waals surface area (Å²) in [5.74, 6) is 1.35. The van der Waals surface area contributed by atoms with Crippen LogP contribution < -0.4 is 20.7 Å². The van der Waals surface area contributed by atoms with Crippen LogP contribution in [0.2, 0.25) is 5.02 Å². The number of hydrogen-bond donors (Lipinski definition) is 3. The van der Waals surface area contributed by atoms with Gasteiger partial charge in [0.25, 0.3) is 0 Å². The molecule has 182 valence electrons. The number of benzene rings is 2. The van der Waals surface area contributed by atoms with Crippen LogP contribution in [0.25, 0.3) is 0 Å². The topological polar surface area (TPSA) is 92.3 Å². The third kappa shape index (κ3) is 6.42. The molecular weight excluding hydrogens is 485 g/mol. The number of pyridine rings is 1. The molecule has 3 amide bonds. The van der Waals surface area contributed by atoms with Crippen LogP contribution in [0.1, 0.15) is 24.0 Å². The van der Waals surface area contributed by atoms with Crippen LogP contribution in [0.15, 0.2) is 54.7 Å². The minimum atomic E-state index is -4.64. The molecule has 0 unspecified atom stereocenters. The SMILES string of the molecule is Cc1cc(NC(=O)Nc2ccc(Cl)c(C(F)(F)F)c2)ccc1Oc1ccnc(NC(=O)C2CC2)c1. The van der Waals surface area contributed by atoms with Gasteiger partial charge in [0.05, 0.1) is 10.6 Å². The van der Waals surface area contributed by atoms with Crippen molar-refractivity contribution >= 4 is 40.7 Å². The van der Waals surface area contributed by atoms with Crippen molar-refractivity contribution in [1.82, 2.24) is 4.98 Å². The second-order valence-electron chi connectivity index (χ2n) is 7.99. The number of nitrogens with one attached hydrogen (secondary N) is 3. The summed E-state index contributed by atoms with van der Waals surface area (Å²) in [5, 5.41) is 7.22. The Kier molecular flexibility index (Phi) is 6.83. The highest BCUT2D eigenvalue weighted by atomic mass is 35.5. The van der Waals surface area contributed by atoms with Gasteiger partial charge in [-0.2, -0.15) is 13.2 Å². The number of carbonyl (C=O) groups is 2. The lowest BCUT2D eigenvalue weighted by molar-refractivity contribution is -0.137. The Bertz CT molecular complexity index is 1280. The number of rotatable bonds is 6. The predicted molar refractivity (Wildman–Crippen MR) is 126 cm³/mol. The molecule has 3 aromatic rings. The summed E-state index contributed by atoms with van der Waals surface area (Å²) in [6.07, 6.45) is -1.35. The summed E-state index contributed by atoms with van der Waals surface area (Å²) in [6.45, 7) is 1.77. The van der Waals surface area contributed by atoms with E-state index in [2.05, 4.69) is 20.9 Å². The number of amides is 3. The van der Waals surface area contributed by atoms with E-state index in [0.29, 0.717) is 28.6 Å². The Balaban J connectivity index is 1.39. The highest BCUT2D eigenvalue weighted by Crippen LogP contribution is 2.36. The third-order valence-corrected chi connectivity index (χ3v) is 5.45. The normalized spacial score (nSPS) is 13.2. The van der Waals surface area contributed by atoms with Crippen LogP contribution in [0, 0.1) is 12.8 Å². The first-order chi connectivity index (χ1) is 16.6. The minimum absolute atomic E-state index is 0.0484. The fourth-order valence-electron chi connectivity index (χ4n) is 3.20. The number of carbonyl (C=O) groups excluding carboxylic acids is 2. The number of ether oxygens (including phenoxy) is 1. The van der Waals surface area contributed by atoms with Crippen LogP contribution in [-0.4, -0.2) is 16.9 Å². The molecule has 7 nitrogen and oxygen atoms in total. The molecule has 0 spiro atoms. The van der Waals surface area contributed by atoms with Crippen LogP contribution >= 0.6 is 11.6 Å². The van der Waals surface area contributed by atoms with Gasteiger partial charge in [0.15, 0.2) is 0 Å². The maximum Gasteiger partial charge on any atom is 0.417 e.